The summed E-state index contributed by atoms with van der Waals surface area (Å²) in [5, 5.41) is 9.93. The van der Waals surface area contributed by atoms with Crippen LogP contribution in [0.5, 0.6) is 0 Å². The van der Waals surface area contributed by atoms with Gasteiger partial charge in [-0.2, -0.15) is 0 Å². The van der Waals surface area contributed by atoms with Crippen molar-refractivity contribution < 1.29 is 14.6 Å². The minimum atomic E-state index is -0.429. The van der Waals surface area contributed by atoms with Gasteiger partial charge in [0.25, 0.3) is 0 Å². The minimum absolute atomic E-state index is 0.236. The van der Waals surface area contributed by atoms with Crippen molar-refractivity contribution >= 4 is 0 Å². The molecule has 0 amide bonds. The zero-order valence-electron chi connectivity index (χ0n) is 8.37. The molecule has 15 heavy (non-hydrogen) atoms. The maximum atomic E-state index is 9.93. The number of hydrogen-bond acceptors (Lipinski definition) is 3. The normalized spacial score (nSPS) is 53.3. The van der Waals surface area contributed by atoms with Crippen LogP contribution in [0.2, 0.25) is 0 Å². The molecular weight excluding hydrogens is 192 g/mol. The fourth-order valence-corrected chi connectivity index (χ4v) is 3.89. The molecule has 1 N–H and O–H groups in total. The van der Waals surface area contributed by atoms with E-state index in [1.54, 1.807) is 0 Å². The van der Waals surface area contributed by atoms with E-state index in [9.17, 15) is 5.11 Å². The predicted octanol–water partition coefficient (Wildman–Crippen LogP) is 0.708. The molecule has 5 atom stereocenters. The van der Waals surface area contributed by atoms with E-state index in [0.29, 0.717) is 25.0 Å². The van der Waals surface area contributed by atoms with Crippen molar-refractivity contribution in [3.05, 3.63) is 24.3 Å². The van der Waals surface area contributed by atoms with Crippen LogP contribution in [-0.2, 0) is 9.47 Å². The molecule has 3 heteroatoms. The second kappa shape index (κ2) is 2.54. The van der Waals surface area contributed by atoms with Crippen LogP contribution in [0.1, 0.15) is 0 Å². The number of aliphatic hydroxyl groups is 1. The van der Waals surface area contributed by atoms with Crippen LogP contribution < -0.4 is 0 Å². The fourth-order valence-electron chi connectivity index (χ4n) is 3.89. The third kappa shape index (κ3) is 0.802. The highest BCUT2D eigenvalue weighted by Gasteiger charge is 2.66. The molecular formula is C12H14O3. The van der Waals surface area contributed by atoms with Gasteiger partial charge >= 0.3 is 0 Å². The van der Waals surface area contributed by atoms with Gasteiger partial charge in [-0.25, -0.2) is 0 Å². The van der Waals surface area contributed by atoms with E-state index in [1.165, 1.54) is 0 Å². The van der Waals surface area contributed by atoms with E-state index in [2.05, 4.69) is 18.2 Å². The summed E-state index contributed by atoms with van der Waals surface area (Å²) in [6.07, 6.45) is 8.12. The highest BCUT2D eigenvalue weighted by molar-refractivity contribution is 5.31. The second-order valence-corrected chi connectivity index (χ2v) is 4.88. The van der Waals surface area contributed by atoms with E-state index in [1.807, 2.05) is 6.08 Å². The molecule has 0 radical (unpaired) electrons. The Hall–Kier alpha value is -0.640. The average Bonchev–Trinajstić information content (AvgIpc) is 2.96. The maximum Gasteiger partial charge on any atom is 0.181 e. The molecule has 2 bridgehead atoms. The summed E-state index contributed by atoms with van der Waals surface area (Å²) in [6.45, 7) is 1.38. The molecule has 4 rings (SSSR count). The molecule has 3 aliphatic carbocycles. The lowest BCUT2D eigenvalue weighted by Crippen LogP contribution is -2.38. The highest BCUT2D eigenvalue weighted by Crippen LogP contribution is 2.61. The molecule has 1 aliphatic heterocycles. The first-order chi connectivity index (χ1) is 7.33. The number of rotatable bonds is 0. The standard InChI is InChI=1S/C12H14O3/c13-10-4-1-7-8-2-3-9(11(7)10)12(8)14-5-6-15-12/h1-4,7-11,13H,5-6H2/t7-,8+,9-,10-,11-/m0/s1. The molecule has 0 unspecified atom stereocenters. The molecule has 80 valence electrons. The van der Waals surface area contributed by atoms with Crippen LogP contribution in [0.3, 0.4) is 0 Å². The SMILES string of the molecule is O[C@H]1C=C[C@@H]2[C@H]1[C@@H]1C=C[C@H]2C12OCCO2. The van der Waals surface area contributed by atoms with Gasteiger partial charge in [-0.1, -0.05) is 24.3 Å². The number of hydrogen-bond donors (Lipinski definition) is 1. The zero-order chi connectivity index (χ0) is 10.0. The minimum Gasteiger partial charge on any atom is -0.389 e. The first-order valence-electron chi connectivity index (χ1n) is 5.65. The van der Waals surface area contributed by atoms with Crippen molar-refractivity contribution in [3.8, 4) is 0 Å². The maximum absolute atomic E-state index is 9.93. The van der Waals surface area contributed by atoms with Crippen molar-refractivity contribution in [2.45, 2.75) is 11.9 Å². The zero-order valence-corrected chi connectivity index (χ0v) is 8.37. The first kappa shape index (κ1) is 8.50. The summed E-state index contributed by atoms with van der Waals surface area (Å²) in [6, 6.07) is 0. The van der Waals surface area contributed by atoms with Gasteiger partial charge < -0.3 is 14.6 Å². The molecule has 1 spiro atoms. The van der Waals surface area contributed by atoms with E-state index in [4.69, 9.17) is 9.47 Å². The number of fused-ring (bicyclic) bond motifs is 3. The summed E-state index contributed by atoms with van der Waals surface area (Å²) < 4.78 is 11.7. The Morgan fingerprint density at radius 1 is 1.00 bits per heavy atom. The molecule has 1 saturated heterocycles. The summed E-state index contributed by atoms with van der Waals surface area (Å²) in [4.78, 5) is 0. The highest BCUT2D eigenvalue weighted by atomic mass is 16.7. The lowest BCUT2D eigenvalue weighted by molar-refractivity contribution is -0.189. The van der Waals surface area contributed by atoms with Gasteiger partial charge in [0.15, 0.2) is 5.79 Å². The Morgan fingerprint density at radius 3 is 2.47 bits per heavy atom. The summed E-state index contributed by atoms with van der Waals surface area (Å²) in [7, 11) is 0. The molecule has 1 heterocycles. The van der Waals surface area contributed by atoms with Crippen LogP contribution in [0, 0.1) is 23.7 Å². The van der Waals surface area contributed by atoms with Crippen LogP contribution in [-0.4, -0.2) is 30.2 Å². The predicted molar refractivity (Wildman–Crippen MR) is 52.9 cm³/mol. The Balaban J connectivity index is 1.80. The van der Waals surface area contributed by atoms with Crippen LogP contribution in [0.25, 0.3) is 0 Å². The van der Waals surface area contributed by atoms with Gasteiger partial charge in [0.1, 0.15) is 0 Å². The molecule has 2 fully saturated rings. The molecule has 0 aromatic carbocycles. The first-order valence-corrected chi connectivity index (χ1v) is 5.65. The quantitative estimate of drug-likeness (QED) is 0.593. The van der Waals surface area contributed by atoms with Crippen molar-refractivity contribution in [1.82, 2.24) is 0 Å². The lowest BCUT2D eigenvalue weighted by atomic mass is 9.84. The Bertz CT molecular complexity index is 354. The monoisotopic (exact) mass is 206 g/mol. The largest absolute Gasteiger partial charge is 0.389 e. The van der Waals surface area contributed by atoms with E-state index in [-0.39, 0.29) is 17.9 Å². The second-order valence-electron chi connectivity index (χ2n) is 4.88. The van der Waals surface area contributed by atoms with Crippen molar-refractivity contribution in [3.63, 3.8) is 0 Å². The molecule has 0 aromatic rings. The number of aliphatic hydroxyl groups excluding tert-OH is 1. The third-order valence-corrected chi connectivity index (χ3v) is 4.39. The van der Waals surface area contributed by atoms with Crippen molar-refractivity contribution in [2.24, 2.45) is 23.7 Å². The van der Waals surface area contributed by atoms with Gasteiger partial charge in [0, 0.05) is 17.8 Å². The van der Waals surface area contributed by atoms with Gasteiger partial charge in [-0.05, 0) is 5.92 Å². The number of allylic oxidation sites excluding steroid dienone is 1. The lowest BCUT2D eigenvalue weighted by Gasteiger charge is -2.29. The smallest absolute Gasteiger partial charge is 0.181 e. The van der Waals surface area contributed by atoms with Crippen LogP contribution in [0.15, 0.2) is 24.3 Å². The third-order valence-electron chi connectivity index (χ3n) is 4.39. The van der Waals surface area contributed by atoms with E-state index >= 15 is 0 Å². The average molecular weight is 206 g/mol. The van der Waals surface area contributed by atoms with Gasteiger partial charge in [0.05, 0.1) is 19.3 Å². The van der Waals surface area contributed by atoms with Crippen molar-refractivity contribution in [2.75, 3.05) is 13.2 Å². The van der Waals surface area contributed by atoms with Gasteiger partial charge in [0.2, 0.25) is 0 Å². The number of ether oxygens (including phenoxy) is 2. The van der Waals surface area contributed by atoms with Crippen LogP contribution in [0.4, 0.5) is 0 Å². The molecule has 4 aliphatic rings. The summed E-state index contributed by atoms with van der Waals surface area (Å²) in [5.74, 6) is 0.802. The molecule has 1 saturated carbocycles. The fraction of sp³-hybridized carbons (Fsp3) is 0.667. The van der Waals surface area contributed by atoms with Crippen LogP contribution >= 0.6 is 0 Å². The summed E-state index contributed by atoms with van der Waals surface area (Å²) >= 11 is 0. The van der Waals surface area contributed by atoms with E-state index < -0.39 is 5.79 Å². The van der Waals surface area contributed by atoms with Gasteiger partial charge in [-0.3, -0.25) is 0 Å². The topological polar surface area (TPSA) is 38.7 Å². The molecule has 3 nitrogen and oxygen atoms in total. The van der Waals surface area contributed by atoms with E-state index in [0.717, 1.165) is 0 Å². The van der Waals surface area contributed by atoms with Gasteiger partial charge in [-0.15, -0.1) is 0 Å². The Labute approximate surface area is 88.4 Å². The van der Waals surface area contributed by atoms with Crippen molar-refractivity contribution in [1.29, 1.82) is 0 Å². The Morgan fingerprint density at radius 2 is 1.73 bits per heavy atom. The summed E-state index contributed by atoms with van der Waals surface area (Å²) in [5.41, 5.74) is 0. The Kier molecular flexibility index (Phi) is 1.44. The molecule has 0 aromatic heterocycles.